The zero-order chi connectivity index (χ0) is 12.5. The number of nitrogens with zero attached hydrogens (tertiary/aromatic N) is 3. The topological polar surface area (TPSA) is 59.8 Å². The quantitative estimate of drug-likeness (QED) is 0.850. The summed E-state index contributed by atoms with van der Waals surface area (Å²) in [6, 6.07) is 2.06. The minimum Gasteiger partial charge on any atom is -0.354 e. The Morgan fingerprint density at radius 1 is 1.56 bits per heavy atom. The highest BCUT2D eigenvalue weighted by Gasteiger charge is 2.26. The first-order valence-corrected chi connectivity index (χ1v) is 6.46. The molecule has 1 aliphatic rings. The Morgan fingerprint density at radius 3 is 3.17 bits per heavy atom. The molecule has 1 N–H and O–H groups in total. The number of hydrogen-bond donors (Lipinski definition) is 1. The average molecular weight is 265 g/mol. The monoisotopic (exact) mass is 264 g/mol. The number of hydrogen-bond acceptors (Lipinski definition) is 3. The van der Waals surface area contributed by atoms with Gasteiger partial charge in [0, 0.05) is 31.5 Å². The first-order valence-electron chi connectivity index (χ1n) is 5.93. The zero-order valence-corrected chi connectivity index (χ0v) is 10.5. The van der Waals surface area contributed by atoms with E-state index < -0.39 is 0 Å². The van der Waals surface area contributed by atoms with Gasteiger partial charge in [-0.05, 0) is 6.07 Å². The Bertz CT molecular complexity index is 595. The highest BCUT2D eigenvalue weighted by molar-refractivity contribution is 6.17. The number of alkyl halides is 1. The lowest BCUT2D eigenvalue weighted by Crippen LogP contribution is -2.17. The SMILES string of the molecule is O=C1CC(n2c(CCCl)nc3cnccc32)CN1. The van der Waals surface area contributed by atoms with E-state index >= 15 is 0 Å². The first kappa shape index (κ1) is 11.5. The van der Waals surface area contributed by atoms with Crippen LogP contribution in [0.2, 0.25) is 0 Å². The highest BCUT2D eigenvalue weighted by Crippen LogP contribution is 2.25. The second-order valence-electron chi connectivity index (χ2n) is 4.36. The smallest absolute Gasteiger partial charge is 0.222 e. The van der Waals surface area contributed by atoms with Crippen molar-refractivity contribution in [3.8, 4) is 0 Å². The van der Waals surface area contributed by atoms with Gasteiger partial charge >= 0.3 is 0 Å². The Morgan fingerprint density at radius 2 is 2.44 bits per heavy atom. The highest BCUT2D eigenvalue weighted by atomic mass is 35.5. The van der Waals surface area contributed by atoms with Crippen molar-refractivity contribution in [2.75, 3.05) is 12.4 Å². The van der Waals surface area contributed by atoms with Crippen molar-refractivity contribution in [3.63, 3.8) is 0 Å². The largest absolute Gasteiger partial charge is 0.354 e. The molecular weight excluding hydrogens is 252 g/mol. The molecule has 0 spiro atoms. The predicted octanol–water partition coefficient (Wildman–Crippen LogP) is 1.27. The summed E-state index contributed by atoms with van der Waals surface area (Å²) in [5, 5.41) is 2.86. The van der Waals surface area contributed by atoms with E-state index in [1.165, 1.54) is 0 Å². The molecule has 0 saturated carbocycles. The van der Waals surface area contributed by atoms with Gasteiger partial charge in [0.15, 0.2) is 0 Å². The lowest BCUT2D eigenvalue weighted by molar-refractivity contribution is -0.119. The number of carbonyl (C=O) groups is 1. The van der Waals surface area contributed by atoms with Gasteiger partial charge < -0.3 is 9.88 Å². The number of pyridine rings is 1. The second kappa shape index (κ2) is 4.57. The van der Waals surface area contributed by atoms with E-state index in [0.29, 0.717) is 25.3 Å². The molecule has 3 rings (SSSR count). The van der Waals surface area contributed by atoms with Crippen LogP contribution < -0.4 is 5.32 Å². The molecule has 3 heterocycles. The van der Waals surface area contributed by atoms with Crippen LogP contribution >= 0.6 is 11.6 Å². The summed E-state index contributed by atoms with van der Waals surface area (Å²) >= 11 is 5.82. The van der Waals surface area contributed by atoms with E-state index in [1.54, 1.807) is 12.4 Å². The Kier molecular flexibility index (Phi) is 2.91. The van der Waals surface area contributed by atoms with Crippen molar-refractivity contribution in [3.05, 3.63) is 24.3 Å². The molecule has 1 unspecified atom stereocenters. The van der Waals surface area contributed by atoms with E-state index in [-0.39, 0.29) is 11.9 Å². The molecule has 1 amide bonds. The Labute approximate surface area is 109 Å². The van der Waals surface area contributed by atoms with Crippen molar-refractivity contribution in [1.29, 1.82) is 0 Å². The van der Waals surface area contributed by atoms with E-state index in [9.17, 15) is 4.79 Å². The maximum atomic E-state index is 11.4. The molecule has 0 aliphatic carbocycles. The van der Waals surface area contributed by atoms with Gasteiger partial charge in [0.2, 0.25) is 5.91 Å². The van der Waals surface area contributed by atoms with Gasteiger partial charge in [-0.2, -0.15) is 0 Å². The van der Waals surface area contributed by atoms with Gasteiger partial charge in [-0.1, -0.05) is 0 Å². The van der Waals surface area contributed by atoms with Gasteiger partial charge in [0.25, 0.3) is 0 Å². The van der Waals surface area contributed by atoms with Crippen LogP contribution in [0.15, 0.2) is 18.5 Å². The van der Waals surface area contributed by atoms with Gasteiger partial charge in [-0.25, -0.2) is 4.98 Å². The van der Waals surface area contributed by atoms with Crippen LogP contribution in [0.1, 0.15) is 18.3 Å². The average Bonchev–Trinajstić information content (AvgIpc) is 2.92. The molecule has 18 heavy (non-hydrogen) atoms. The summed E-state index contributed by atoms with van der Waals surface area (Å²) in [7, 11) is 0. The first-order chi connectivity index (χ1) is 8.79. The van der Waals surface area contributed by atoms with Gasteiger partial charge in [-0.3, -0.25) is 9.78 Å². The summed E-state index contributed by atoms with van der Waals surface area (Å²) in [5.74, 6) is 1.53. The number of rotatable bonds is 3. The van der Waals surface area contributed by atoms with Gasteiger partial charge in [0.1, 0.15) is 11.3 Å². The molecule has 2 aromatic heterocycles. The molecule has 0 bridgehead atoms. The maximum absolute atomic E-state index is 11.4. The molecule has 5 nitrogen and oxygen atoms in total. The number of aryl methyl sites for hydroxylation is 1. The molecule has 94 valence electrons. The van der Waals surface area contributed by atoms with Crippen molar-refractivity contribution in [1.82, 2.24) is 19.9 Å². The lowest BCUT2D eigenvalue weighted by Gasteiger charge is -2.14. The van der Waals surface area contributed by atoms with Crippen molar-refractivity contribution < 1.29 is 4.79 Å². The van der Waals surface area contributed by atoms with Crippen LogP contribution in [-0.4, -0.2) is 32.9 Å². The number of imidazole rings is 1. The van der Waals surface area contributed by atoms with Gasteiger partial charge in [-0.15, -0.1) is 11.6 Å². The van der Waals surface area contributed by atoms with E-state index in [1.807, 2.05) is 6.07 Å². The van der Waals surface area contributed by atoms with E-state index in [4.69, 9.17) is 11.6 Å². The van der Waals surface area contributed by atoms with Crippen molar-refractivity contribution in [2.24, 2.45) is 0 Å². The van der Waals surface area contributed by atoms with Crippen LogP contribution in [0.4, 0.5) is 0 Å². The molecule has 1 fully saturated rings. The van der Waals surface area contributed by atoms with Crippen LogP contribution in [0.5, 0.6) is 0 Å². The minimum absolute atomic E-state index is 0.0905. The molecule has 0 radical (unpaired) electrons. The molecule has 2 aromatic rings. The van der Waals surface area contributed by atoms with Gasteiger partial charge in [0.05, 0.1) is 17.8 Å². The standard InChI is InChI=1S/C12H13ClN4O/c13-3-1-11-16-9-7-14-4-2-10(9)17(11)8-5-12(18)15-6-8/h2,4,7-8H,1,3,5-6H2,(H,15,18). The molecule has 1 aliphatic heterocycles. The number of fused-ring (bicyclic) bond motifs is 1. The molecule has 0 aromatic carbocycles. The fraction of sp³-hybridized carbons (Fsp3) is 0.417. The maximum Gasteiger partial charge on any atom is 0.222 e. The van der Waals surface area contributed by atoms with E-state index in [2.05, 4.69) is 19.9 Å². The number of nitrogens with one attached hydrogen (secondary N) is 1. The van der Waals surface area contributed by atoms with E-state index in [0.717, 1.165) is 16.9 Å². The molecule has 1 atom stereocenters. The normalized spacial score (nSPS) is 19.4. The minimum atomic E-state index is 0.0905. The summed E-state index contributed by atoms with van der Waals surface area (Å²) < 4.78 is 2.12. The molecule has 1 saturated heterocycles. The lowest BCUT2D eigenvalue weighted by atomic mass is 10.2. The number of carbonyl (C=O) groups excluding carboxylic acids is 1. The molecule has 6 heteroatoms. The number of aromatic nitrogens is 3. The zero-order valence-electron chi connectivity index (χ0n) is 9.77. The third kappa shape index (κ3) is 1.84. The summed E-state index contributed by atoms with van der Waals surface area (Å²) in [4.78, 5) is 20.0. The van der Waals surface area contributed by atoms with Crippen LogP contribution in [0, 0.1) is 0 Å². The van der Waals surface area contributed by atoms with Crippen molar-refractivity contribution >= 4 is 28.5 Å². The number of halogens is 1. The third-order valence-electron chi connectivity index (χ3n) is 3.20. The third-order valence-corrected chi connectivity index (χ3v) is 3.39. The second-order valence-corrected chi connectivity index (χ2v) is 4.74. The number of amides is 1. The summed E-state index contributed by atoms with van der Waals surface area (Å²) in [6.45, 7) is 0.655. The fourth-order valence-electron chi connectivity index (χ4n) is 2.44. The van der Waals surface area contributed by atoms with Crippen LogP contribution in [0.25, 0.3) is 11.0 Å². The molecular formula is C12H13ClN4O. The van der Waals surface area contributed by atoms with Crippen molar-refractivity contribution in [2.45, 2.75) is 18.9 Å². The fourth-order valence-corrected chi connectivity index (χ4v) is 2.61. The van der Waals surface area contributed by atoms with Crippen LogP contribution in [0.3, 0.4) is 0 Å². The Balaban J connectivity index is 2.11. The predicted molar refractivity (Wildman–Crippen MR) is 68.6 cm³/mol. The summed E-state index contributed by atoms with van der Waals surface area (Å²) in [6.07, 6.45) is 4.69. The van der Waals surface area contributed by atoms with Crippen LogP contribution in [-0.2, 0) is 11.2 Å². The Hall–Kier alpha value is -1.62. The summed E-state index contributed by atoms with van der Waals surface area (Å²) in [5.41, 5.74) is 1.88.